The highest BCUT2D eigenvalue weighted by atomic mass is 35.5. The Labute approximate surface area is 250 Å². The summed E-state index contributed by atoms with van der Waals surface area (Å²) in [6.07, 6.45) is 1.94. The van der Waals surface area contributed by atoms with Crippen LogP contribution in [0.1, 0.15) is 60.8 Å². The Bertz CT molecular complexity index is 1420. The number of nitrogens with zero attached hydrogens (tertiary/aromatic N) is 1. The van der Waals surface area contributed by atoms with Gasteiger partial charge in [0.05, 0.1) is 21.7 Å². The standard InChI is InChI=1S/C32H34Cl2FN3O3/c1-3-24(38-14-12-32(13-15-38)26-17-23(35)9-11-29(26)37-31(40)41-32)18-25(22-8-10-27(33)28(34)16-22)30(39)36-19-21-6-4-20(2)5-7-21/h4-11,16-17,24-25H,3,12-15,18-19H2,1-2H3,(H,36,39)(H,37,40). The number of benzene rings is 3. The number of hydrogen-bond acceptors (Lipinski definition) is 4. The van der Waals surface area contributed by atoms with E-state index in [0.717, 1.165) is 23.1 Å². The molecule has 2 atom stereocenters. The molecule has 1 saturated heterocycles. The third-order valence-corrected chi connectivity index (χ3v) is 9.09. The molecule has 3 aromatic rings. The summed E-state index contributed by atoms with van der Waals surface area (Å²) in [7, 11) is 0. The molecule has 6 nitrogen and oxygen atoms in total. The zero-order valence-corrected chi connectivity index (χ0v) is 24.7. The van der Waals surface area contributed by atoms with Gasteiger partial charge in [-0.2, -0.15) is 0 Å². The van der Waals surface area contributed by atoms with Gasteiger partial charge in [-0.25, -0.2) is 9.18 Å². The van der Waals surface area contributed by atoms with Gasteiger partial charge in [-0.3, -0.25) is 10.1 Å². The van der Waals surface area contributed by atoms with Crippen molar-refractivity contribution in [2.24, 2.45) is 0 Å². The van der Waals surface area contributed by atoms with Gasteiger partial charge >= 0.3 is 6.09 Å². The van der Waals surface area contributed by atoms with Gasteiger partial charge in [-0.1, -0.05) is 66.0 Å². The number of aryl methyl sites for hydroxylation is 1. The minimum absolute atomic E-state index is 0.0763. The zero-order chi connectivity index (χ0) is 29.1. The molecule has 1 spiro atoms. The maximum atomic E-state index is 14.2. The van der Waals surface area contributed by atoms with Crippen molar-refractivity contribution >= 4 is 40.9 Å². The molecule has 1 fully saturated rings. The monoisotopic (exact) mass is 597 g/mol. The van der Waals surface area contributed by atoms with Crippen LogP contribution >= 0.6 is 23.2 Å². The summed E-state index contributed by atoms with van der Waals surface area (Å²) >= 11 is 12.6. The van der Waals surface area contributed by atoms with Crippen LogP contribution in [-0.2, 0) is 21.7 Å². The van der Waals surface area contributed by atoms with Crippen molar-refractivity contribution in [3.05, 3.63) is 98.8 Å². The highest BCUT2D eigenvalue weighted by molar-refractivity contribution is 6.42. The van der Waals surface area contributed by atoms with E-state index >= 15 is 0 Å². The van der Waals surface area contributed by atoms with Crippen LogP contribution in [0, 0.1) is 12.7 Å². The van der Waals surface area contributed by atoms with Gasteiger partial charge in [-0.15, -0.1) is 0 Å². The van der Waals surface area contributed by atoms with Crippen molar-refractivity contribution in [1.29, 1.82) is 0 Å². The molecular formula is C32H34Cl2FN3O3. The molecule has 2 aliphatic rings. The molecule has 41 heavy (non-hydrogen) atoms. The Hall–Kier alpha value is -3.13. The van der Waals surface area contributed by atoms with Crippen molar-refractivity contribution in [2.75, 3.05) is 18.4 Å². The molecule has 5 rings (SSSR count). The summed E-state index contributed by atoms with van der Waals surface area (Å²) in [5.41, 5.74) is 3.39. The SMILES string of the molecule is CCC(CC(C(=O)NCc1ccc(C)cc1)c1ccc(Cl)c(Cl)c1)N1CCC2(CC1)OC(=O)Nc1ccc(F)cc12. The van der Waals surface area contributed by atoms with Crippen LogP contribution in [0.5, 0.6) is 0 Å². The lowest BCUT2D eigenvalue weighted by atomic mass is 9.81. The zero-order valence-electron chi connectivity index (χ0n) is 23.2. The molecule has 2 amide bonds. The first-order valence-electron chi connectivity index (χ1n) is 14.0. The van der Waals surface area contributed by atoms with Gasteiger partial charge < -0.3 is 15.0 Å². The molecular weight excluding hydrogens is 564 g/mol. The number of likely N-dealkylation sites (tertiary alicyclic amines) is 1. The van der Waals surface area contributed by atoms with E-state index in [1.165, 1.54) is 12.1 Å². The van der Waals surface area contributed by atoms with Crippen LogP contribution in [0.15, 0.2) is 60.7 Å². The lowest BCUT2D eigenvalue weighted by Crippen LogP contribution is -2.51. The second-order valence-corrected chi connectivity index (χ2v) is 11.8. The second-order valence-electron chi connectivity index (χ2n) is 11.0. The minimum atomic E-state index is -0.872. The van der Waals surface area contributed by atoms with Gasteiger partial charge in [0, 0.05) is 44.1 Å². The fourth-order valence-corrected chi connectivity index (χ4v) is 6.29. The first-order valence-corrected chi connectivity index (χ1v) is 14.8. The highest BCUT2D eigenvalue weighted by Crippen LogP contribution is 2.44. The summed E-state index contributed by atoms with van der Waals surface area (Å²) in [4.78, 5) is 28.4. The first kappa shape index (κ1) is 29.4. The Balaban J connectivity index is 1.33. The van der Waals surface area contributed by atoms with Crippen LogP contribution in [0.3, 0.4) is 0 Å². The summed E-state index contributed by atoms with van der Waals surface area (Å²) in [6, 6.07) is 17.9. The number of ether oxygens (including phenoxy) is 1. The van der Waals surface area contributed by atoms with E-state index in [-0.39, 0.29) is 17.8 Å². The Kier molecular flexibility index (Phi) is 8.88. The molecule has 0 bridgehead atoms. The van der Waals surface area contributed by atoms with E-state index < -0.39 is 17.6 Å². The fourth-order valence-electron chi connectivity index (χ4n) is 5.98. The predicted octanol–water partition coefficient (Wildman–Crippen LogP) is 7.56. The summed E-state index contributed by atoms with van der Waals surface area (Å²) in [5, 5.41) is 6.66. The molecule has 216 valence electrons. The number of nitrogens with one attached hydrogen (secondary N) is 2. The maximum absolute atomic E-state index is 14.2. The number of carbonyl (C=O) groups excluding carboxylic acids is 2. The number of anilines is 1. The third-order valence-electron chi connectivity index (χ3n) is 8.35. The molecule has 0 aromatic heterocycles. The van der Waals surface area contributed by atoms with E-state index in [2.05, 4.69) is 22.5 Å². The van der Waals surface area contributed by atoms with Crippen LogP contribution in [-0.4, -0.2) is 36.0 Å². The molecule has 0 aliphatic carbocycles. The van der Waals surface area contributed by atoms with Gasteiger partial charge in [0.1, 0.15) is 11.4 Å². The molecule has 9 heteroatoms. The van der Waals surface area contributed by atoms with E-state index in [4.69, 9.17) is 27.9 Å². The van der Waals surface area contributed by atoms with Crippen LogP contribution in [0.2, 0.25) is 10.0 Å². The number of halogens is 3. The molecule has 2 unspecified atom stereocenters. The highest BCUT2D eigenvalue weighted by Gasteiger charge is 2.45. The van der Waals surface area contributed by atoms with Crippen molar-refractivity contribution in [1.82, 2.24) is 10.2 Å². The number of fused-ring (bicyclic) bond motifs is 2. The summed E-state index contributed by atoms with van der Waals surface area (Å²) < 4.78 is 20.0. The first-order chi connectivity index (χ1) is 19.7. The van der Waals surface area contributed by atoms with E-state index in [0.29, 0.717) is 60.2 Å². The van der Waals surface area contributed by atoms with Crippen molar-refractivity contribution in [3.63, 3.8) is 0 Å². The lowest BCUT2D eigenvalue weighted by Gasteiger charge is -2.46. The van der Waals surface area contributed by atoms with Crippen LogP contribution in [0.4, 0.5) is 14.9 Å². The van der Waals surface area contributed by atoms with E-state index in [1.54, 1.807) is 18.2 Å². The van der Waals surface area contributed by atoms with Gasteiger partial charge in [-0.05, 0) is 61.2 Å². The van der Waals surface area contributed by atoms with Gasteiger partial charge in [0.15, 0.2) is 0 Å². The molecule has 3 aromatic carbocycles. The second kappa shape index (κ2) is 12.4. The molecule has 2 N–H and O–H groups in total. The normalized spacial score (nSPS) is 17.7. The lowest BCUT2D eigenvalue weighted by molar-refractivity contribution is -0.123. The Morgan fingerprint density at radius 2 is 1.80 bits per heavy atom. The number of carbonyl (C=O) groups is 2. The number of rotatable bonds is 8. The predicted molar refractivity (Wildman–Crippen MR) is 160 cm³/mol. The van der Waals surface area contributed by atoms with Gasteiger partial charge in [0.2, 0.25) is 5.91 Å². The van der Waals surface area contributed by atoms with Crippen molar-refractivity contribution in [2.45, 2.75) is 63.6 Å². The molecule has 0 radical (unpaired) electrons. The average Bonchev–Trinajstić information content (AvgIpc) is 2.96. The number of piperidine rings is 1. The quantitative estimate of drug-likeness (QED) is 0.281. The maximum Gasteiger partial charge on any atom is 0.412 e. The molecule has 0 saturated carbocycles. The average molecular weight is 599 g/mol. The molecule has 2 aliphatic heterocycles. The summed E-state index contributed by atoms with van der Waals surface area (Å²) in [5.74, 6) is -0.881. The largest absolute Gasteiger partial charge is 0.438 e. The van der Waals surface area contributed by atoms with E-state index in [1.807, 2.05) is 37.3 Å². The topological polar surface area (TPSA) is 70.7 Å². The smallest absolute Gasteiger partial charge is 0.412 e. The Morgan fingerprint density at radius 3 is 2.49 bits per heavy atom. The minimum Gasteiger partial charge on any atom is -0.438 e. The van der Waals surface area contributed by atoms with Gasteiger partial charge in [0.25, 0.3) is 0 Å². The fraction of sp³-hybridized carbons (Fsp3) is 0.375. The number of amides is 2. The number of hydrogen-bond donors (Lipinski definition) is 2. The summed E-state index contributed by atoms with van der Waals surface area (Å²) in [6.45, 7) is 5.85. The van der Waals surface area contributed by atoms with Crippen LogP contribution in [0.25, 0.3) is 0 Å². The van der Waals surface area contributed by atoms with Crippen LogP contribution < -0.4 is 10.6 Å². The van der Waals surface area contributed by atoms with Crippen molar-refractivity contribution < 1.29 is 18.7 Å². The van der Waals surface area contributed by atoms with E-state index in [9.17, 15) is 14.0 Å². The van der Waals surface area contributed by atoms with Crippen molar-refractivity contribution in [3.8, 4) is 0 Å². The third kappa shape index (κ3) is 6.53. The molecule has 2 heterocycles. The Morgan fingerprint density at radius 1 is 1.07 bits per heavy atom.